The van der Waals surface area contributed by atoms with Gasteiger partial charge in [0.05, 0.1) is 11.1 Å². The first-order valence-electron chi connectivity index (χ1n) is 8.51. The number of hydrogen-bond acceptors (Lipinski definition) is 3. The summed E-state index contributed by atoms with van der Waals surface area (Å²) in [6, 6.07) is 11.5. The van der Waals surface area contributed by atoms with E-state index in [0.717, 1.165) is 45.0 Å². The Morgan fingerprint density at radius 2 is 1.88 bits per heavy atom. The molecule has 0 saturated carbocycles. The highest BCUT2D eigenvalue weighted by molar-refractivity contribution is 9.10. The van der Waals surface area contributed by atoms with Crippen molar-refractivity contribution in [2.45, 2.75) is 39.3 Å². The van der Waals surface area contributed by atoms with Crippen LogP contribution in [-0.2, 0) is 11.5 Å². The largest absolute Gasteiger partial charge is 0.359 e. The Bertz CT molecular complexity index is 872. The van der Waals surface area contributed by atoms with Crippen LogP contribution in [0.3, 0.4) is 0 Å². The average molecular weight is 418 g/mol. The fourth-order valence-corrected chi connectivity index (χ4v) is 4.09. The van der Waals surface area contributed by atoms with E-state index in [1.165, 1.54) is 0 Å². The van der Waals surface area contributed by atoms with Crippen molar-refractivity contribution < 1.29 is 4.74 Å². The predicted octanol–water partition coefficient (Wildman–Crippen LogP) is 5.48. The van der Waals surface area contributed by atoms with Crippen LogP contribution in [0.4, 0.5) is 0 Å². The molecule has 0 N–H and O–H groups in total. The topological polar surface area (TPSA) is 39.9 Å². The molecule has 0 atom stereocenters. The molecule has 0 unspecified atom stereocenters. The van der Waals surface area contributed by atoms with Gasteiger partial charge in [0.1, 0.15) is 6.73 Å². The van der Waals surface area contributed by atoms with E-state index in [4.69, 9.17) is 4.74 Å². The van der Waals surface area contributed by atoms with Crippen LogP contribution < -0.4 is 0 Å². The van der Waals surface area contributed by atoms with Gasteiger partial charge >= 0.3 is 0 Å². The second-order valence-corrected chi connectivity index (χ2v) is 14.0. The van der Waals surface area contributed by atoms with Crippen LogP contribution in [-0.4, -0.2) is 29.4 Å². The Hall–Kier alpha value is -1.50. The summed E-state index contributed by atoms with van der Waals surface area (Å²) in [4.78, 5) is 4.60. The van der Waals surface area contributed by atoms with E-state index in [1.54, 1.807) is 0 Å². The molecule has 0 aliphatic carbocycles. The normalized spacial score (nSPS) is 12.0. The molecule has 0 amide bonds. The van der Waals surface area contributed by atoms with Gasteiger partial charge in [0.25, 0.3) is 0 Å². The number of rotatable bonds is 6. The van der Waals surface area contributed by atoms with Gasteiger partial charge in [-0.15, -0.1) is 0 Å². The summed E-state index contributed by atoms with van der Waals surface area (Å²) in [5, 5.41) is 5.75. The van der Waals surface area contributed by atoms with Gasteiger partial charge in [0.15, 0.2) is 5.65 Å². The first kappa shape index (κ1) is 18.3. The maximum Gasteiger partial charge on any atom is 0.161 e. The first-order valence-corrected chi connectivity index (χ1v) is 13.0. The molecule has 132 valence electrons. The average Bonchev–Trinajstić information content (AvgIpc) is 2.88. The Morgan fingerprint density at radius 1 is 1.16 bits per heavy atom. The van der Waals surface area contributed by atoms with Gasteiger partial charge < -0.3 is 4.74 Å². The summed E-state index contributed by atoms with van der Waals surface area (Å²) in [7, 11) is -1.08. The molecule has 0 fully saturated rings. The van der Waals surface area contributed by atoms with Crippen LogP contribution in [0.25, 0.3) is 22.2 Å². The van der Waals surface area contributed by atoms with Gasteiger partial charge in [0, 0.05) is 30.9 Å². The number of aryl methyl sites for hydroxylation is 1. The molecular formula is C19H24BrN3OSi. The molecular weight excluding hydrogens is 394 g/mol. The van der Waals surface area contributed by atoms with Gasteiger partial charge in [-0.1, -0.05) is 50.0 Å². The zero-order valence-electron chi connectivity index (χ0n) is 15.2. The second-order valence-electron chi connectivity index (χ2n) is 7.48. The Morgan fingerprint density at radius 3 is 2.56 bits per heavy atom. The number of halogens is 1. The summed E-state index contributed by atoms with van der Waals surface area (Å²) in [5.41, 5.74) is 4.13. The molecule has 3 rings (SSSR count). The van der Waals surface area contributed by atoms with Gasteiger partial charge in [-0.2, -0.15) is 5.10 Å². The predicted molar refractivity (Wildman–Crippen MR) is 110 cm³/mol. The third-order valence-electron chi connectivity index (χ3n) is 4.16. The molecule has 6 heteroatoms. The minimum absolute atomic E-state index is 0.442. The summed E-state index contributed by atoms with van der Waals surface area (Å²) in [5.74, 6) is 0. The standard InChI is InChI=1S/C19H24BrN3OSi/c1-14-17-18(15-8-6-5-7-9-15)16(20)12-21-19(17)23(22-14)13-24-10-11-25(2,3)4/h5-9,12H,10-11,13H2,1-4H3. The third-order valence-corrected chi connectivity index (χ3v) is 6.47. The first-order chi connectivity index (χ1) is 11.9. The zero-order chi connectivity index (χ0) is 18.0. The van der Waals surface area contributed by atoms with E-state index < -0.39 is 8.07 Å². The van der Waals surface area contributed by atoms with E-state index >= 15 is 0 Å². The molecule has 3 aromatic rings. The van der Waals surface area contributed by atoms with Gasteiger partial charge in [-0.25, -0.2) is 9.67 Å². The number of ether oxygens (including phenoxy) is 1. The van der Waals surface area contributed by atoms with Crippen molar-refractivity contribution in [1.29, 1.82) is 0 Å². The molecule has 0 bridgehead atoms. The molecule has 0 spiro atoms. The lowest BCUT2D eigenvalue weighted by Gasteiger charge is -2.15. The highest BCUT2D eigenvalue weighted by Gasteiger charge is 2.17. The lowest BCUT2D eigenvalue weighted by Crippen LogP contribution is -2.22. The van der Waals surface area contributed by atoms with Crippen molar-refractivity contribution in [2.24, 2.45) is 0 Å². The van der Waals surface area contributed by atoms with Crippen LogP contribution in [0.15, 0.2) is 41.0 Å². The van der Waals surface area contributed by atoms with Crippen molar-refractivity contribution >= 4 is 35.0 Å². The Balaban J connectivity index is 1.93. The summed E-state index contributed by atoms with van der Waals surface area (Å²) < 4.78 is 8.73. The van der Waals surface area contributed by atoms with Crippen molar-refractivity contribution in [2.75, 3.05) is 6.61 Å². The number of benzene rings is 1. The molecule has 4 nitrogen and oxygen atoms in total. The lowest BCUT2D eigenvalue weighted by atomic mass is 10.0. The highest BCUT2D eigenvalue weighted by atomic mass is 79.9. The number of fused-ring (bicyclic) bond motifs is 1. The minimum atomic E-state index is -1.08. The Kier molecular flexibility index (Phi) is 5.41. The van der Waals surface area contributed by atoms with Gasteiger partial charge in [-0.05, 0) is 34.5 Å². The van der Waals surface area contributed by atoms with Gasteiger partial charge in [0.2, 0.25) is 0 Å². The van der Waals surface area contributed by atoms with Crippen LogP contribution >= 0.6 is 15.9 Å². The summed E-state index contributed by atoms with van der Waals surface area (Å²) >= 11 is 3.66. The molecule has 2 heterocycles. The second kappa shape index (κ2) is 7.39. The van der Waals surface area contributed by atoms with E-state index in [9.17, 15) is 0 Å². The van der Waals surface area contributed by atoms with E-state index in [0.29, 0.717) is 6.73 Å². The zero-order valence-corrected chi connectivity index (χ0v) is 17.8. The van der Waals surface area contributed by atoms with Crippen molar-refractivity contribution in [1.82, 2.24) is 14.8 Å². The molecule has 1 aromatic carbocycles. The SMILES string of the molecule is Cc1nn(COCC[Si](C)(C)C)c2ncc(Br)c(-c3ccccc3)c12. The fraction of sp³-hybridized carbons (Fsp3) is 0.368. The summed E-state index contributed by atoms with van der Waals surface area (Å²) in [6.07, 6.45) is 1.85. The van der Waals surface area contributed by atoms with Gasteiger partial charge in [-0.3, -0.25) is 0 Å². The van der Waals surface area contributed by atoms with Crippen molar-refractivity contribution in [3.63, 3.8) is 0 Å². The molecule has 2 aromatic heterocycles. The van der Waals surface area contributed by atoms with Crippen LogP contribution in [0.5, 0.6) is 0 Å². The molecule has 0 aliphatic rings. The van der Waals surface area contributed by atoms with Crippen molar-refractivity contribution in [3.05, 3.63) is 46.7 Å². The minimum Gasteiger partial charge on any atom is -0.359 e. The number of aromatic nitrogens is 3. The Labute approximate surface area is 158 Å². The maximum atomic E-state index is 5.88. The molecule has 0 saturated heterocycles. The molecule has 0 radical (unpaired) electrons. The maximum absolute atomic E-state index is 5.88. The molecule has 25 heavy (non-hydrogen) atoms. The number of nitrogens with zero attached hydrogens (tertiary/aromatic N) is 3. The smallest absolute Gasteiger partial charge is 0.161 e. The lowest BCUT2D eigenvalue weighted by molar-refractivity contribution is 0.0811. The van der Waals surface area contributed by atoms with E-state index in [-0.39, 0.29) is 0 Å². The monoisotopic (exact) mass is 417 g/mol. The molecule has 0 aliphatic heterocycles. The fourth-order valence-electron chi connectivity index (χ4n) is 2.80. The number of hydrogen-bond donors (Lipinski definition) is 0. The summed E-state index contributed by atoms with van der Waals surface area (Å²) in [6.45, 7) is 10.3. The number of pyridine rings is 1. The van der Waals surface area contributed by atoms with E-state index in [1.807, 2.05) is 36.0 Å². The third kappa shape index (κ3) is 4.19. The quantitative estimate of drug-likeness (QED) is 0.393. The van der Waals surface area contributed by atoms with Crippen LogP contribution in [0, 0.1) is 6.92 Å². The van der Waals surface area contributed by atoms with Crippen LogP contribution in [0.2, 0.25) is 25.7 Å². The van der Waals surface area contributed by atoms with Crippen LogP contribution in [0.1, 0.15) is 5.69 Å². The van der Waals surface area contributed by atoms with E-state index in [2.05, 4.69) is 57.8 Å². The van der Waals surface area contributed by atoms with Crippen molar-refractivity contribution in [3.8, 4) is 11.1 Å². The highest BCUT2D eigenvalue weighted by Crippen LogP contribution is 2.35.